The third kappa shape index (κ3) is 2.57. The summed E-state index contributed by atoms with van der Waals surface area (Å²) in [5.41, 5.74) is 2.49. The average Bonchev–Trinajstić information content (AvgIpc) is 2.46. The fraction of sp³-hybridized carbons (Fsp3) is 0.647. The van der Waals surface area contributed by atoms with Gasteiger partial charge in [0.1, 0.15) is 18.5 Å². The standard InChI is InChI=1S/C17H25NO2/c1-3-13-6-7-16-14(9-13)17(15(19)11-20-16)18-8-4-5-12(2)10-18/h6-7,9,12,15,17,19H,3-5,8,10-11H2,1-2H3. The van der Waals surface area contributed by atoms with Crippen LogP contribution in [0.4, 0.5) is 0 Å². The lowest BCUT2D eigenvalue weighted by Crippen LogP contribution is -2.46. The summed E-state index contributed by atoms with van der Waals surface area (Å²) in [5.74, 6) is 1.67. The van der Waals surface area contributed by atoms with Crippen molar-refractivity contribution in [2.75, 3.05) is 19.7 Å². The molecule has 3 nitrogen and oxygen atoms in total. The number of aliphatic hydroxyl groups is 1. The Morgan fingerprint density at radius 1 is 1.40 bits per heavy atom. The van der Waals surface area contributed by atoms with Crippen LogP contribution in [0, 0.1) is 5.92 Å². The molecule has 0 amide bonds. The van der Waals surface area contributed by atoms with Crippen LogP contribution in [0.15, 0.2) is 18.2 Å². The van der Waals surface area contributed by atoms with Crippen molar-refractivity contribution in [1.82, 2.24) is 4.90 Å². The first-order valence-electron chi connectivity index (χ1n) is 7.86. The zero-order valence-electron chi connectivity index (χ0n) is 12.5. The Morgan fingerprint density at radius 3 is 3.00 bits per heavy atom. The van der Waals surface area contributed by atoms with E-state index >= 15 is 0 Å². The Kier molecular flexibility index (Phi) is 3.99. The highest BCUT2D eigenvalue weighted by Gasteiger charge is 2.35. The number of hydrogen-bond donors (Lipinski definition) is 1. The van der Waals surface area contributed by atoms with E-state index < -0.39 is 6.10 Å². The van der Waals surface area contributed by atoms with Gasteiger partial charge >= 0.3 is 0 Å². The second-order valence-electron chi connectivity index (χ2n) is 6.29. The van der Waals surface area contributed by atoms with Crippen molar-refractivity contribution in [2.24, 2.45) is 5.92 Å². The van der Waals surface area contributed by atoms with E-state index in [4.69, 9.17) is 4.74 Å². The van der Waals surface area contributed by atoms with E-state index in [9.17, 15) is 5.11 Å². The molecule has 20 heavy (non-hydrogen) atoms. The maximum Gasteiger partial charge on any atom is 0.124 e. The molecule has 0 spiro atoms. The van der Waals surface area contributed by atoms with Gasteiger partial charge in [0.05, 0.1) is 6.04 Å². The summed E-state index contributed by atoms with van der Waals surface area (Å²) in [6, 6.07) is 6.53. The molecule has 110 valence electrons. The first kappa shape index (κ1) is 13.9. The highest BCUT2D eigenvalue weighted by atomic mass is 16.5. The molecule has 0 saturated carbocycles. The molecule has 0 bridgehead atoms. The molecule has 3 unspecified atom stereocenters. The quantitative estimate of drug-likeness (QED) is 0.901. The smallest absolute Gasteiger partial charge is 0.124 e. The molecule has 0 aromatic heterocycles. The van der Waals surface area contributed by atoms with Crippen molar-refractivity contribution in [2.45, 2.75) is 45.3 Å². The predicted molar refractivity (Wildman–Crippen MR) is 80.0 cm³/mol. The summed E-state index contributed by atoms with van der Waals surface area (Å²) in [6.45, 7) is 7.05. The lowest BCUT2D eigenvalue weighted by atomic mass is 9.91. The van der Waals surface area contributed by atoms with Crippen molar-refractivity contribution in [3.8, 4) is 5.75 Å². The fourth-order valence-corrected chi connectivity index (χ4v) is 3.57. The minimum Gasteiger partial charge on any atom is -0.490 e. The van der Waals surface area contributed by atoms with Crippen molar-refractivity contribution in [1.29, 1.82) is 0 Å². The van der Waals surface area contributed by atoms with E-state index in [0.29, 0.717) is 6.61 Å². The number of rotatable bonds is 2. The molecular formula is C17H25NO2. The largest absolute Gasteiger partial charge is 0.490 e. The lowest BCUT2D eigenvalue weighted by Gasteiger charge is -2.42. The van der Waals surface area contributed by atoms with E-state index in [1.54, 1.807) is 0 Å². The van der Waals surface area contributed by atoms with Crippen LogP contribution in [0.25, 0.3) is 0 Å². The van der Waals surface area contributed by atoms with Gasteiger partial charge in [0.15, 0.2) is 0 Å². The summed E-state index contributed by atoms with van der Waals surface area (Å²) in [7, 11) is 0. The van der Waals surface area contributed by atoms with Gasteiger partial charge in [-0.15, -0.1) is 0 Å². The lowest BCUT2D eigenvalue weighted by molar-refractivity contribution is -0.0140. The summed E-state index contributed by atoms with van der Waals surface area (Å²) in [5, 5.41) is 10.5. The number of hydrogen-bond acceptors (Lipinski definition) is 3. The van der Waals surface area contributed by atoms with Crippen molar-refractivity contribution in [3.63, 3.8) is 0 Å². The molecule has 2 aliphatic heterocycles. The number of aliphatic hydroxyl groups excluding tert-OH is 1. The number of ether oxygens (including phenoxy) is 1. The molecule has 0 radical (unpaired) electrons. The number of nitrogens with zero attached hydrogens (tertiary/aromatic N) is 1. The van der Waals surface area contributed by atoms with Gasteiger partial charge in [-0.05, 0) is 43.4 Å². The van der Waals surface area contributed by atoms with E-state index in [1.807, 2.05) is 0 Å². The molecule has 3 rings (SSSR count). The van der Waals surface area contributed by atoms with Gasteiger partial charge < -0.3 is 9.84 Å². The van der Waals surface area contributed by atoms with Crippen LogP contribution in [-0.4, -0.2) is 35.8 Å². The topological polar surface area (TPSA) is 32.7 Å². The van der Waals surface area contributed by atoms with E-state index in [0.717, 1.165) is 31.2 Å². The molecule has 3 atom stereocenters. The van der Waals surface area contributed by atoms with E-state index in [2.05, 4.69) is 36.9 Å². The molecular weight excluding hydrogens is 250 g/mol. The molecule has 3 heteroatoms. The van der Waals surface area contributed by atoms with Crippen LogP contribution in [0.2, 0.25) is 0 Å². The minimum atomic E-state index is -0.417. The first-order valence-corrected chi connectivity index (χ1v) is 7.86. The number of benzene rings is 1. The van der Waals surface area contributed by atoms with Crippen LogP contribution >= 0.6 is 0 Å². The zero-order valence-corrected chi connectivity index (χ0v) is 12.5. The molecule has 2 heterocycles. The number of likely N-dealkylation sites (tertiary alicyclic amines) is 1. The maximum atomic E-state index is 10.5. The molecule has 1 aromatic rings. The molecule has 1 fully saturated rings. The second kappa shape index (κ2) is 5.74. The van der Waals surface area contributed by atoms with Crippen molar-refractivity contribution >= 4 is 0 Å². The molecule has 1 saturated heterocycles. The van der Waals surface area contributed by atoms with Gasteiger partial charge in [-0.1, -0.05) is 26.0 Å². The Bertz CT molecular complexity index is 474. The normalized spacial score (nSPS) is 30.6. The molecule has 2 aliphatic rings. The summed E-state index contributed by atoms with van der Waals surface area (Å²) in [4.78, 5) is 2.46. The molecule has 0 aliphatic carbocycles. The predicted octanol–water partition coefficient (Wildman–Crippen LogP) is 2.78. The van der Waals surface area contributed by atoms with Gasteiger partial charge in [-0.2, -0.15) is 0 Å². The van der Waals surface area contributed by atoms with Gasteiger partial charge in [-0.25, -0.2) is 0 Å². The van der Waals surface area contributed by atoms with Crippen molar-refractivity contribution in [3.05, 3.63) is 29.3 Å². The van der Waals surface area contributed by atoms with Crippen LogP contribution in [0.1, 0.15) is 43.9 Å². The number of fused-ring (bicyclic) bond motifs is 1. The van der Waals surface area contributed by atoms with Crippen LogP contribution in [-0.2, 0) is 6.42 Å². The van der Waals surface area contributed by atoms with Crippen LogP contribution in [0.3, 0.4) is 0 Å². The number of aryl methyl sites for hydroxylation is 1. The van der Waals surface area contributed by atoms with Crippen LogP contribution in [0.5, 0.6) is 5.75 Å². The third-order valence-corrected chi connectivity index (χ3v) is 4.66. The highest BCUT2D eigenvalue weighted by molar-refractivity contribution is 5.41. The Balaban J connectivity index is 1.93. The van der Waals surface area contributed by atoms with Gasteiger partial charge in [0.2, 0.25) is 0 Å². The monoisotopic (exact) mass is 275 g/mol. The van der Waals surface area contributed by atoms with Gasteiger partial charge in [-0.3, -0.25) is 4.90 Å². The van der Waals surface area contributed by atoms with Crippen molar-refractivity contribution < 1.29 is 9.84 Å². The fourth-order valence-electron chi connectivity index (χ4n) is 3.57. The van der Waals surface area contributed by atoms with Crippen LogP contribution < -0.4 is 4.74 Å². The first-order chi connectivity index (χ1) is 9.69. The summed E-state index contributed by atoms with van der Waals surface area (Å²) < 4.78 is 5.71. The minimum absolute atomic E-state index is 0.105. The summed E-state index contributed by atoms with van der Waals surface area (Å²) in [6.07, 6.45) is 3.14. The van der Waals surface area contributed by atoms with E-state index in [-0.39, 0.29) is 6.04 Å². The number of piperidine rings is 1. The highest BCUT2D eigenvalue weighted by Crippen LogP contribution is 2.38. The van der Waals surface area contributed by atoms with E-state index in [1.165, 1.54) is 24.0 Å². The Labute approximate surface area is 121 Å². The Morgan fingerprint density at radius 2 is 2.25 bits per heavy atom. The third-order valence-electron chi connectivity index (χ3n) is 4.66. The second-order valence-corrected chi connectivity index (χ2v) is 6.29. The van der Waals surface area contributed by atoms with Gasteiger partial charge in [0.25, 0.3) is 0 Å². The maximum absolute atomic E-state index is 10.5. The molecule has 1 N–H and O–H groups in total. The van der Waals surface area contributed by atoms with Gasteiger partial charge in [0, 0.05) is 12.1 Å². The average molecular weight is 275 g/mol. The zero-order chi connectivity index (χ0) is 14.1. The summed E-state index contributed by atoms with van der Waals surface area (Å²) >= 11 is 0. The Hall–Kier alpha value is -1.06. The molecule has 1 aromatic carbocycles. The SMILES string of the molecule is CCc1ccc2c(c1)C(N1CCCC(C)C1)C(O)CO2.